The Balaban J connectivity index is 0.000000182. The Morgan fingerprint density at radius 3 is 1.46 bits per heavy atom. The molecule has 2 saturated heterocycles. The van der Waals surface area contributed by atoms with Crippen molar-refractivity contribution in [2.45, 2.75) is 178 Å². The standard InChI is InChI=1S/C37H48ClN7O6S.C32H40ClN7O4S/c1-34(2,3)51-33(47)44-23-24(22-35(44,4)5)8-7-19-39-27-9-6-10-30(40-27)52(48,49)43-32(46)25-11-12-28(41-31(25)38)45-20-13-29(42-45)50-21-14-26-36(15-16-36)37(26)17-18-37;1-30(2)19-21(20-35-30)5-4-16-34-24-6-3-7-27(36-24)45(42,43)39-29(41)22-8-9-25(37-28(22)33)40-17-10-26(38-40)44-18-11-23-31(12-13-31)32(23)14-15-32/h6,9-13,20,24,26H,7-8,14-19,21-23H2,1-5H3,(H,39,40)(H,43,46);3,6-10,17,21,23,35H,4-5,11-16,18-20H2,1-2H3,(H,34,36)(H,39,41)/t24-;21-/m00/s1/i14D2;11D2. The van der Waals surface area contributed by atoms with Gasteiger partial charge in [-0.3, -0.25) is 9.59 Å². The smallest absolute Gasteiger partial charge is 0.410 e. The van der Waals surface area contributed by atoms with Crippen LogP contribution in [-0.4, -0.2) is 135 Å². The van der Waals surface area contributed by atoms with Gasteiger partial charge in [0, 0.05) is 60.7 Å². The number of ether oxygens (including phenoxy) is 3. The van der Waals surface area contributed by atoms with Crippen LogP contribution in [0.15, 0.2) is 95.2 Å². The van der Waals surface area contributed by atoms with Crippen LogP contribution in [0.1, 0.15) is 177 Å². The molecule has 3 amide bonds. The highest BCUT2D eigenvalue weighted by atomic mass is 35.5. The molecule has 6 saturated carbocycles. The van der Waals surface area contributed by atoms with Gasteiger partial charge in [0.25, 0.3) is 31.9 Å². The van der Waals surface area contributed by atoms with Crippen molar-refractivity contribution in [2.24, 2.45) is 45.3 Å². The SMILES string of the molecule is [2H]C([2H])(COc1ccn(-c2ccc(C(=O)NS(=O)(=O)c3cccc(NCCC[C@@H]4CN(C(=O)OC(C)(C)C)C(C)(C)C4)n3)c(Cl)n2)n1)C1C2(CC2)C12CC2.[2H]C([2H])(COc1ccn(-c2ccc(C(=O)NS(=O)(=O)c3cccc(NCCC[C@@H]4CNC(C)(C)C4)n3)c(Cl)n2)n1)C1C2(CC2)C12CC2. The van der Waals surface area contributed by atoms with Crippen LogP contribution < -0.4 is 34.9 Å². The van der Waals surface area contributed by atoms with E-state index in [2.05, 4.69) is 59.9 Å². The molecule has 8 heterocycles. The van der Waals surface area contributed by atoms with E-state index >= 15 is 0 Å². The van der Waals surface area contributed by atoms with Gasteiger partial charge in [0.1, 0.15) is 27.5 Å². The minimum absolute atomic E-state index is 0.0476. The number of amides is 3. The summed E-state index contributed by atoms with van der Waals surface area (Å²) in [5, 5.41) is 17.4. The predicted octanol–water partition coefficient (Wildman–Crippen LogP) is 11.6. The normalized spacial score (nSPS) is 22.3. The molecule has 0 aromatic carbocycles. The number of nitrogens with one attached hydrogen (secondary N) is 5. The van der Waals surface area contributed by atoms with Crippen LogP contribution in [0.2, 0.25) is 10.3 Å². The molecule has 2 atom stereocenters. The molecule has 14 rings (SSSR count). The number of anilines is 2. The third-order valence-electron chi connectivity index (χ3n) is 20.8. The van der Waals surface area contributed by atoms with Crippen molar-refractivity contribution < 1.29 is 50.9 Å². The second-order valence-corrected chi connectivity index (χ2v) is 33.7. The van der Waals surface area contributed by atoms with Crippen LogP contribution in [0, 0.1) is 45.3 Å². The van der Waals surface area contributed by atoms with Gasteiger partial charge in [0.15, 0.2) is 21.7 Å². The molecule has 6 aliphatic carbocycles. The van der Waals surface area contributed by atoms with Crippen LogP contribution in [0.3, 0.4) is 0 Å². The minimum Gasteiger partial charge on any atom is -0.477 e. The molecule has 4 spiro atoms. The van der Waals surface area contributed by atoms with E-state index < -0.39 is 50.2 Å². The lowest BCUT2D eigenvalue weighted by Crippen LogP contribution is -2.45. The van der Waals surface area contributed by atoms with Crippen molar-refractivity contribution in [1.29, 1.82) is 0 Å². The summed E-state index contributed by atoms with van der Waals surface area (Å²) in [5.74, 6) is 0.836. The average molecular weight is 1410 g/mol. The number of hydrogen-bond acceptors (Lipinski definition) is 19. The number of likely N-dealkylation sites (tertiary alicyclic amines) is 1. The molecule has 0 bridgehead atoms. The van der Waals surface area contributed by atoms with Gasteiger partial charge in [-0.25, -0.2) is 43.5 Å². The summed E-state index contributed by atoms with van der Waals surface area (Å²) in [6.45, 7) is 16.7. The summed E-state index contributed by atoms with van der Waals surface area (Å²) >= 11 is 12.7. The first-order valence-electron chi connectivity index (χ1n) is 35.5. The van der Waals surface area contributed by atoms with Crippen molar-refractivity contribution in [2.75, 3.05) is 50.0 Å². The zero-order chi connectivity index (χ0) is 72.1. The largest absolute Gasteiger partial charge is 0.477 e. The number of aromatic nitrogens is 8. The lowest BCUT2D eigenvalue weighted by atomic mass is 9.93. The van der Waals surface area contributed by atoms with E-state index in [9.17, 15) is 31.2 Å². The molecule has 2 aliphatic heterocycles. The fraction of sp³-hybridized carbons (Fsp3) is 0.580. The Labute approximate surface area is 583 Å². The Kier molecular flexibility index (Phi) is 16.9. The van der Waals surface area contributed by atoms with Crippen LogP contribution in [-0.2, 0) is 24.8 Å². The van der Waals surface area contributed by atoms with Crippen LogP contribution in [0.5, 0.6) is 11.8 Å². The lowest BCUT2D eigenvalue weighted by molar-refractivity contribution is 0.0130. The number of rotatable bonds is 26. The van der Waals surface area contributed by atoms with Gasteiger partial charge in [-0.2, -0.15) is 16.8 Å². The maximum absolute atomic E-state index is 13.2. The lowest BCUT2D eigenvalue weighted by Gasteiger charge is -2.33. The van der Waals surface area contributed by atoms with Gasteiger partial charge in [-0.15, -0.1) is 10.2 Å². The number of carbonyl (C=O) groups excluding carboxylic acids is 3. The van der Waals surface area contributed by atoms with Gasteiger partial charge < -0.3 is 35.1 Å². The van der Waals surface area contributed by atoms with Gasteiger partial charge in [-0.05, 0) is 252 Å². The summed E-state index contributed by atoms with van der Waals surface area (Å²) in [7, 11) is -8.67. The van der Waals surface area contributed by atoms with Crippen LogP contribution >= 0.6 is 23.2 Å². The fourth-order valence-electron chi connectivity index (χ4n) is 15.5. The highest BCUT2D eigenvalue weighted by Crippen LogP contribution is 2.94. The van der Waals surface area contributed by atoms with Crippen molar-refractivity contribution in [3.05, 3.63) is 107 Å². The van der Waals surface area contributed by atoms with Crippen LogP contribution in [0.4, 0.5) is 16.4 Å². The molecule has 6 aromatic rings. The van der Waals surface area contributed by atoms with E-state index in [0.29, 0.717) is 43.1 Å². The molecule has 520 valence electrons. The first-order valence-corrected chi connectivity index (χ1v) is 37.2. The molecule has 5 N–H and O–H groups in total. The summed E-state index contributed by atoms with van der Waals surface area (Å²) in [6, 6.07) is 17.9. The molecular formula is C69H88Cl2N14O10S2. The number of sulfonamides is 2. The number of pyridine rings is 4. The third kappa shape index (κ3) is 14.7. The highest BCUT2D eigenvalue weighted by Gasteiger charge is 2.86. The molecule has 24 nitrogen and oxygen atoms in total. The van der Waals surface area contributed by atoms with E-state index in [1.54, 1.807) is 47.6 Å². The fourth-order valence-corrected chi connectivity index (χ4v) is 17.9. The number of nitrogens with zero attached hydrogens (tertiary/aromatic N) is 9. The number of hydrogen-bond donors (Lipinski definition) is 5. The van der Waals surface area contributed by atoms with Gasteiger partial charge >= 0.3 is 6.09 Å². The van der Waals surface area contributed by atoms with E-state index in [1.807, 2.05) is 44.1 Å². The first-order chi connectivity index (χ1) is 47.5. The van der Waals surface area contributed by atoms with Gasteiger partial charge in [-0.1, -0.05) is 35.3 Å². The highest BCUT2D eigenvalue weighted by molar-refractivity contribution is 7.90. The van der Waals surface area contributed by atoms with Crippen LogP contribution in [0.25, 0.3) is 11.6 Å². The molecule has 28 heteroatoms. The Morgan fingerprint density at radius 1 is 0.619 bits per heavy atom. The van der Waals surface area contributed by atoms with E-state index in [1.165, 1.54) is 51.8 Å². The zero-order valence-electron chi connectivity index (χ0n) is 59.7. The maximum Gasteiger partial charge on any atom is 0.410 e. The number of fused-ring (bicyclic) bond motifs is 2. The second-order valence-electron chi connectivity index (χ2n) is 29.7. The van der Waals surface area contributed by atoms with E-state index in [0.717, 1.165) is 96.4 Å². The van der Waals surface area contributed by atoms with Gasteiger partial charge in [0.05, 0.1) is 24.3 Å². The zero-order valence-corrected chi connectivity index (χ0v) is 58.9. The minimum atomic E-state index is -4.37. The molecule has 97 heavy (non-hydrogen) atoms. The summed E-state index contributed by atoms with van der Waals surface area (Å²) in [5.41, 5.74) is -0.168. The monoisotopic (exact) mass is 1410 g/mol. The number of carbonyl (C=O) groups is 3. The van der Waals surface area contributed by atoms with Crippen molar-refractivity contribution in [1.82, 2.24) is 59.2 Å². The molecule has 8 fully saturated rings. The molecule has 8 aliphatic rings. The van der Waals surface area contributed by atoms with E-state index in [4.69, 9.17) is 42.9 Å². The summed E-state index contributed by atoms with van der Waals surface area (Å²) in [6.07, 6.45) is 14.5. The average Bonchev–Trinajstić information content (AvgIpc) is 1.44. The number of halogens is 2. The Hall–Kier alpha value is -7.13. The van der Waals surface area contributed by atoms with E-state index in [-0.39, 0.29) is 119 Å². The third-order valence-corrected chi connectivity index (χ3v) is 23.9. The molecule has 6 aromatic heterocycles. The summed E-state index contributed by atoms with van der Waals surface area (Å²) in [4.78, 5) is 57.5. The topological polar surface area (TPSA) is 298 Å². The quantitative estimate of drug-likeness (QED) is 0.0249. The Bertz CT molecular complexity index is 4390. The molecule has 0 radical (unpaired) electrons. The first kappa shape index (κ1) is 63.3. The summed E-state index contributed by atoms with van der Waals surface area (Å²) < 4.78 is 111. The van der Waals surface area contributed by atoms with Crippen molar-refractivity contribution >= 4 is 72.8 Å². The molecule has 0 unspecified atom stereocenters. The van der Waals surface area contributed by atoms with Crippen molar-refractivity contribution in [3.63, 3.8) is 0 Å². The molecular weight excluding hydrogens is 1320 g/mol. The van der Waals surface area contributed by atoms with Gasteiger partial charge in [0.2, 0.25) is 11.8 Å². The predicted molar refractivity (Wildman–Crippen MR) is 365 cm³/mol. The maximum atomic E-state index is 13.2. The second kappa shape index (κ2) is 25.9. The van der Waals surface area contributed by atoms with Crippen molar-refractivity contribution in [3.8, 4) is 23.4 Å². The Morgan fingerprint density at radius 2 is 1.06 bits per heavy atom.